The van der Waals surface area contributed by atoms with Crippen LogP contribution >= 0.6 is 0 Å². The van der Waals surface area contributed by atoms with Gasteiger partial charge in [0.25, 0.3) is 0 Å². The molecule has 3 aromatic rings. The molecular weight excluding hydrogens is 328 g/mol. The minimum absolute atomic E-state index is 0.131. The summed E-state index contributed by atoms with van der Waals surface area (Å²) in [4.78, 5) is 0. The summed E-state index contributed by atoms with van der Waals surface area (Å²) in [5, 5.41) is 11.1. The molecule has 0 aliphatic heterocycles. The molecule has 1 aromatic carbocycles. The number of hydrogen-bond acceptors (Lipinski definition) is 6. The van der Waals surface area contributed by atoms with Crippen molar-refractivity contribution < 1.29 is 12.9 Å². The summed E-state index contributed by atoms with van der Waals surface area (Å²) in [6, 6.07) is 9.42. The fraction of sp³-hybridized carbons (Fsp3) is 0.312. The van der Waals surface area contributed by atoms with Crippen LogP contribution in [0.25, 0.3) is 5.69 Å². The first-order valence-electron chi connectivity index (χ1n) is 7.49. The molecule has 3 rings (SSSR count). The molecule has 0 saturated heterocycles. The average molecular weight is 346 g/mol. The molecule has 0 saturated carbocycles. The standard InChI is InChI=1S/C16H18N4O3S/c1-11-15(12(2)23-18-11)10-24(21,22)13(3)16-9-20(19-17-16)14-7-5-4-6-8-14/h4-9,13H,10H2,1-3H3. The molecule has 1 unspecified atom stereocenters. The molecule has 126 valence electrons. The second kappa shape index (κ2) is 6.20. The number of aryl methyl sites for hydroxylation is 2. The van der Waals surface area contributed by atoms with Gasteiger partial charge in [-0.2, -0.15) is 0 Å². The van der Waals surface area contributed by atoms with Gasteiger partial charge in [-0.15, -0.1) is 5.10 Å². The molecule has 0 bridgehead atoms. The number of nitrogens with zero attached hydrogens (tertiary/aromatic N) is 4. The van der Waals surface area contributed by atoms with Crippen LogP contribution in [0.3, 0.4) is 0 Å². The first-order valence-corrected chi connectivity index (χ1v) is 9.21. The van der Waals surface area contributed by atoms with Crippen molar-refractivity contribution in [1.29, 1.82) is 0 Å². The lowest BCUT2D eigenvalue weighted by Gasteiger charge is -2.09. The maximum atomic E-state index is 12.7. The zero-order valence-electron chi connectivity index (χ0n) is 13.7. The summed E-state index contributed by atoms with van der Waals surface area (Å²) in [5.74, 6) is 0.393. The van der Waals surface area contributed by atoms with E-state index in [-0.39, 0.29) is 5.75 Å². The second-order valence-electron chi connectivity index (χ2n) is 5.68. The Kier molecular flexibility index (Phi) is 4.23. The molecule has 0 aliphatic rings. The molecule has 1 atom stereocenters. The molecule has 0 amide bonds. The highest BCUT2D eigenvalue weighted by molar-refractivity contribution is 7.90. The Morgan fingerprint density at radius 3 is 2.54 bits per heavy atom. The van der Waals surface area contributed by atoms with Crippen molar-refractivity contribution in [3.05, 3.63) is 59.2 Å². The third kappa shape index (κ3) is 3.09. The van der Waals surface area contributed by atoms with E-state index >= 15 is 0 Å². The SMILES string of the molecule is Cc1noc(C)c1CS(=O)(=O)C(C)c1cn(-c2ccccc2)nn1. The van der Waals surface area contributed by atoms with E-state index in [1.165, 1.54) is 0 Å². The van der Waals surface area contributed by atoms with Crippen molar-refractivity contribution in [3.8, 4) is 5.69 Å². The number of aromatic nitrogens is 4. The normalized spacial score (nSPS) is 13.1. The van der Waals surface area contributed by atoms with Crippen LogP contribution in [0.5, 0.6) is 0 Å². The Bertz CT molecular complexity index is 925. The summed E-state index contributed by atoms with van der Waals surface area (Å²) in [5.41, 5.74) is 2.44. The van der Waals surface area contributed by atoms with E-state index in [2.05, 4.69) is 15.5 Å². The van der Waals surface area contributed by atoms with Crippen LogP contribution in [0, 0.1) is 13.8 Å². The number of hydrogen-bond donors (Lipinski definition) is 0. The van der Waals surface area contributed by atoms with Crippen LogP contribution in [-0.4, -0.2) is 28.6 Å². The smallest absolute Gasteiger partial charge is 0.163 e. The number of sulfone groups is 1. The third-order valence-electron chi connectivity index (χ3n) is 4.01. The molecule has 24 heavy (non-hydrogen) atoms. The minimum Gasteiger partial charge on any atom is -0.361 e. The van der Waals surface area contributed by atoms with Crippen molar-refractivity contribution in [2.45, 2.75) is 31.8 Å². The van der Waals surface area contributed by atoms with E-state index in [1.54, 1.807) is 31.6 Å². The topological polar surface area (TPSA) is 90.9 Å². The highest BCUT2D eigenvalue weighted by Gasteiger charge is 2.28. The quantitative estimate of drug-likeness (QED) is 0.705. The van der Waals surface area contributed by atoms with Crippen LogP contribution in [0.2, 0.25) is 0 Å². The fourth-order valence-corrected chi connectivity index (χ4v) is 3.93. The van der Waals surface area contributed by atoms with Gasteiger partial charge in [0.1, 0.15) is 16.7 Å². The van der Waals surface area contributed by atoms with E-state index in [0.717, 1.165) is 5.69 Å². The van der Waals surface area contributed by atoms with Gasteiger partial charge in [-0.05, 0) is 32.9 Å². The molecule has 7 nitrogen and oxygen atoms in total. The first-order chi connectivity index (χ1) is 11.4. The fourth-order valence-electron chi connectivity index (χ4n) is 2.39. The summed E-state index contributed by atoms with van der Waals surface area (Å²) in [6.45, 7) is 5.06. The maximum absolute atomic E-state index is 12.7. The van der Waals surface area contributed by atoms with Gasteiger partial charge in [-0.3, -0.25) is 0 Å². The number of rotatable bonds is 5. The molecule has 0 fully saturated rings. The van der Waals surface area contributed by atoms with Gasteiger partial charge in [-0.1, -0.05) is 28.6 Å². The zero-order valence-corrected chi connectivity index (χ0v) is 14.5. The van der Waals surface area contributed by atoms with Crippen molar-refractivity contribution in [2.75, 3.05) is 0 Å². The Morgan fingerprint density at radius 2 is 1.92 bits per heavy atom. The summed E-state index contributed by atoms with van der Waals surface area (Å²) >= 11 is 0. The predicted octanol–water partition coefficient (Wildman–Crippen LogP) is 2.55. The van der Waals surface area contributed by atoms with Crippen molar-refractivity contribution >= 4 is 9.84 Å². The Morgan fingerprint density at radius 1 is 1.21 bits per heavy atom. The van der Waals surface area contributed by atoms with Crippen molar-refractivity contribution in [3.63, 3.8) is 0 Å². The van der Waals surface area contributed by atoms with Crippen LogP contribution in [0.1, 0.15) is 34.9 Å². The monoisotopic (exact) mass is 346 g/mol. The lowest BCUT2D eigenvalue weighted by Crippen LogP contribution is -2.14. The van der Waals surface area contributed by atoms with E-state index in [0.29, 0.717) is 22.7 Å². The highest BCUT2D eigenvalue weighted by Crippen LogP contribution is 2.26. The first kappa shape index (κ1) is 16.4. The van der Waals surface area contributed by atoms with Crippen LogP contribution in [0.15, 0.2) is 41.1 Å². The van der Waals surface area contributed by atoms with Gasteiger partial charge in [0.15, 0.2) is 9.84 Å². The predicted molar refractivity (Wildman–Crippen MR) is 88.4 cm³/mol. The van der Waals surface area contributed by atoms with Crippen LogP contribution < -0.4 is 0 Å². The van der Waals surface area contributed by atoms with Gasteiger partial charge in [0, 0.05) is 5.56 Å². The number of para-hydroxylation sites is 1. The summed E-state index contributed by atoms with van der Waals surface area (Å²) in [6.07, 6.45) is 1.64. The molecule has 2 heterocycles. The van der Waals surface area contributed by atoms with Gasteiger partial charge in [0.2, 0.25) is 0 Å². The molecule has 8 heteroatoms. The van der Waals surface area contributed by atoms with E-state index in [9.17, 15) is 8.42 Å². The van der Waals surface area contributed by atoms with E-state index in [4.69, 9.17) is 4.52 Å². The maximum Gasteiger partial charge on any atom is 0.163 e. The molecule has 0 N–H and O–H groups in total. The van der Waals surface area contributed by atoms with E-state index in [1.807, 2.05) is 30.3 Å². The van der Waals surface area contributed by atoms with Crippen LogP contribution in [-0.2, 0) is 15.6 Å². The van der Waals surface area contributed by atoms with Crippen molar-refractivity contribution in [1.82, 2.24) is 20.2 Å². The molecule has 0 aliphatic carbocycles. The zero-order chi connectivity index (χ0) is 17.3. The molecular formula is C16H18N4O3S. The van der Waals surface area contributed by atoms with Gasteiger partial charge in [0.05, 0.1) is 23.3 Å². The third-order valence-corrected chi connectivity index (χ3v) is 6.02. The lowest BCUT2D eigenvalue weighted by molar-refractivity contribution is 0.392. The Labute approximate surface area is 140 Å². The summed E-state index contributed by atoms with van der Waals surface area (Å²) < 4.78 is 32.0. The molecule has 0 spiro atoms. The molecule has 0 radical (unpaired) electrons. The molecule has 2 aromatic heterocycles. The minimum atomic E-state index is -3.47. The second-order valence-corrected chi connectivity index (χ2v) is 8.00. The lowest BCUT2D eigenvalue weighted by atomic mass is 10.2. The van der Waals surface area contributed by atoms with Gasteiger partial charge in [-0.25, -0.2) is 13.1 Å². The highest BCUT2D eigenvalue weighted by atomic mass is 32.2. The Balaban J connectivity index is 1.86. The number of benzene rings is 1. The van der Waals surface area contributed by atoms with Gasteiger partial charge >= 0.3 is 0 Å². The van der Waals surface area contributed by atoms with E-state index < -0.39 is 15.1 Å². The largest absolute Gasteiger partial charge is 0.361 e. The Hall–Kier alpha value is -2.48. The summed E-state index contributed by atoms with van der Waals surface area (Å²) in [7, 11) is -3.47. The van der Waals surface area contributed by atoms with Crippen molar-refractivity contribution in [2.24, 2.45) is 0 Å². The van der Waals surface area contributed by atoms with Crippen LogP contribution in [0.4, 0.5) is 0 Å². The van der Waals surface area contributed by atoms with Gasteiger partial charge < -0.3 is 4.52 Å². The average Bonchev–Trinajstić information content (AvgIpc) is 3.17.